The molecule has 0 aliphatic rings. The molecule has 0 saturated carbocycles. The molecule has 0 spiro atoms. The molecule has 0 bridgehead atoms. The van der Waals surface area contributed by atoms with E-state index in [9.17, 15) is 4.79 Å². The number of hydrogen-bond acceptors (Lipinski definition) is 3. The Morgan fingerprint density at radius 1 is 1.26 bits per heavy atom. The molecular weight excluding hydrogens is 238 g/mol. The quantitative estimate of drug-likeness (QED) is 0.733. The normalized spacial score (nSPS) is 11.3. The molecule has 0 heterocycles. The number of benzene rings is 1. The Balaban J connectivity index is 2.66. The summed E-state index contributed by atoms with van der Waals surface area (Å²) in [5, 5.41) is 9.01. The van der Waals surface area contributed by atoms with E-state index >= 15 is 0 Å². The number of nitrogens with zero attached hydrogens (tertiary/aromatic N) is 1. The van der Waals surface area contributed by atoms with Crippen LogP contribution in [0.3, 0.4) is 0 Å². The predicted molar refractivity (Wildman–Crippen MR) is 78.6 cm³/mol. The van der Waals surface area contributed by atoms with E-state index in [1.54, 1.807) is 0 Å². The summed E-state index contributed by atoms with van der Waals surface area (Å²) in [7, 11) is 0. The Bertz CT molecular complexity index is 384. The van der Waals surface area contributed by atoms with Gasteiger partial charge < -0.3 is 5.11 Å². The topological polar surface area (TPSA) is 40.5 Å². The Labute approximate surface area is 116 Å². The summed E-state index contributed by atoms with van der Waals surface area (Å²) in [4.78, 5) is 14.2. The highest BCUT2D eigenvalue weighted by Gasteiger charge is 2.14. The Kier molecular flexibility index (Phi) is 6.74. The van der Waals surface area contributed by atoms with Crippen molar-refractivity contribution in [3.63, 3.8) is 0 Å². The maximum atomic E-state index is 12.2. The van der Waals surface area contributed by atoms with Gasteiger partial charge in [-0.25, -0.2) is 0 Å². The van der Waals surface area contributed by atoms with Crippen LogP contribution in [0.5, 0.6) is 0 Å². The second kappa shape index (κ2) is 8.08. The molecule has 0 atom stereocenters. The van der Waals surface area contributed by atoms with Gasteiger partial charge in [-0.05, 0) is 25.8 Å². The first-order valence-electron chi connectivity index (χ1n) is 7.05. The van der Waals surface area contributed by atoms with Gasteiger partial charge in [0, 0.05) is 18.2 Å². The van der Waals surface area contributed by atoms with Gasteiger partial charge in [-0.1, -0.05) is 37.6 Å². The van der Waals surface area contributed by atoms with Crippen molar-refractivity contribution in [2.45, 2.75) is 39.7 Å². The Morgan fingerprint density at radius 3 is 2.37 bits per heavy atom. The average Bonchev–Trinajstić information content (AvgIpc) is 2.39. The molecule has 0 aliphatic carbocycles. The van der Waals surface area contributed by atoms with Gasteiger partial charge in [0.25, 0.3) is 0 Å². The highest BCUT2D eigenvalue weighted by molar-refractivity contribution is 5.97. The molecule has 19 heavy (non-hydrogen) atoms. The van der Waals surface area contributed by atoms with Crippen LogP contribution in [0.25, 0.3) is 0 Å². The zero-order chi connectivity index (χ0) is 14.3. The van der Waals surface area contributed by atoms with E-state index < -0.39 is 0 Å². The van der Waals surface area contributed by atoms with Crippen molar-refractivity contribution >= 4 is 5.78 Å². The fourth-order valence-corrected chi connectivity index (χ4v) is 2.07. The Morgan fingerprint density at radius 2 is 1.89 bits per heavy atom. The van der Waals surface area contributed by atoms with Crippen molar-refractivity contribution in [1.82, 2.24) is 4.90 Å². The maximum absolute atomic E-state index is 12.2. The molecule has 0 aliphatic heterocycles. The van der Waals surface area contributed by atoms with Gasteiger partial charge in [0.1, 0.15) is 0 Å². The number of aliphatic hydroxyl groups is 1. The highest BCUT2D eigenvalue weighted by atomic mass is 16.3. The van der Waals surface area contributed by atoms with Crippen molar-refractivity contribution in [2.24, 2.45) is 0 Å². The number of hydrogen-bond donors (Lipinski definition) is 1. The summed E-state index contributed by atoms with van der Waals surface area (Å²) in [6.45, 7) is 7.21. The Hall–Kier alpha value is -1.19. The van der Waals surface area contributed by atoms with Gasteiger partial charge >= 0.3 is 0 Å². The van der Waals surface area contributed by atoms with Crippen molar-refractivity contribution in [3.8, 4) is 0 Å². The van der Waals surface area contributed by atoms with Gasteiger partial charge in [0.05, 0.1) is 13.2 Å². The summed E-state index contributed by atoms with van der Waals surface area (Å²) in [5.41, 5.74) is 2.03. The van der Waals surface area contributed by atoms with Crippen LogP contribution in [0.2, 0.25) is 0 Å². The second-order valence-electron chi connectivity index (χ2n) is 5.16. The molecule has 0 fully saturated rings. The van der Waals surface area contributed by atoms with E-state index in [1.165, 1.54) is 5.56 Å². The smallest absolute Gasteiger partial charge is 0.176 e. The average molecular weight is 263 g/mol. The molecule has 0 unspecified atom stereocenters. The fourth-order valence-electron chi connectivity index (χ4n) is 2.07. The molecule has 1 aromatic rings. The summed E-state index contributed by atoms with van der Waals surface area (Å²) < 4.78 is 0. The number of carbonyl (C=O) groups is 1. The lowest BCUT2D eigenvalue weighted by Gasteiger charge is -2.24. The molecule has 1 aromatic carbocycles. The van der Waals surface area contributed by atoms with Crippen LogP contribution in [0.1, 0.15) is 43.1 Å². The summed E-state index contributed by atoms with van der Waals surface area (Å²) >= 11 is 0. The minimum absolute atomic E-state index is 0.0842. The van der Waals surface area contributed by atoms with Crippen LogP contribution in [-0.4, -0.2) is 41.5 Å². The van der Waals surface area contributed by atoms with E-state index in [2.05, 4.69) is 6.92 Å². The first-order chi connectivity index (χ1) is 9.08. The van der Waals surface area contributed by atoms with Crippen LogP contribution in [0, 0.1) is 0 Å². The van der Waals surface area contributed by atoms with E-state index in [1.807, 2.05) is 43.0 Å². The van der Waals surface area contributed by atoms with Gasteiger partial charge in [0.15, 0.2) is 5.78 Å². The minimum atomic E-state index is 0.0842. The molecule has 0 amide bonds. The summed E-state index contributed by atoms with van der Waals surface area (Å²) in [6, 6.07) is 8.14. The predicted octanol–water partition coefficient (Wildman–Crippen LogP) is 2.52. The third-order valence-electron chi connectivity index (χ3n) is 3.28. The van der Waals surface area contributed by atoms with Crippen molar-refractivity contribution in [3.05, 3.63) is 35.4 Å². The van der Waals surface area contributed by atoms with Gasteiger partial charge in [0.2, 0.25) is 0 Å². The standard InChI is InChI=1S/C16H25NO2/c1-4-5-14-6-8-15(9-7-14)16(19)12-17(10-11-18)13(2)3/h6-9,13,18H,4-5,10-12H2,1-3H3. The van der Waals surface area contributed by atoms with Crippen LogP contribution in [-0.2, 0) is 6.42 Å². The van der Waals surface area contributed by atoms with E-state index in [4.69, 9.17) is 5.11 Å². The van der Waals surface area contributed by atoms with Gasteiger partial charge in [-0.2, -0.15) is 0 Å². The second-order valence-corrected chi connectivity index (χ2v) is 5.16. The molecule has 3 heteroatoms. The lowest BCUT2D eigenvalue weighted by atomic mass is 10.0. The largest absolute Gasteiger partial charge is 0.395 e. The number of carbonyl (C=O) groups excluding carboxylic acids is 1. The van der Waals surface area contributed by atoms with Crippen LogP contribution >= 0.6 is 0 Å². The number of ketones is 1. The van der Waals surface area contributed by atoms with Crippen molar-refractivity contribution in [1.29, 1.82) is 0 Å². The lowest BCUT2D eigenvalue weighted by Crippen LogP contribution is -2.37. The first-order valence-corrected chi connectivity index (χ1v) is 7.05. The highest BCUT2D eigenvalue weighted by Crippen LogP contribution is 2.09. The molecule has 0 aromatic heterocycles. The lowest BCUT2D eigenvalue weighted by molar-refractivity contribution is 0.0881. The van der Waals surface area contributed by atoms with Gasteiger partial charge in [-0.3, -0.25) is 9.69 Å². The van der Waals surface area contributed by atoms with Crippen LogP contribution in [0.15, 0.2) is 24.3 Å². The van der Waals surface area contributed by atoms with E-state index in [-0.39, 0.29) is 18.4 Å². The fraction of sp³-hybridized carbons (Fsp3) is 0.562. The number of Topliss-reactive ketones (excluding diaryl/α,β-unsaturated/α-hetero) is 1. The molecule has 0 saturated heterocycles. The summed E-state index contributed by atoms with van der Waals surface area (Å²) in [5.74, 6) is 0.116. The molecule has 106 valence electrons. The van der Waals surface area contributed by atoms with Crippen LogP contribution in [0.4, 0.5) is 0 Å². The third-order valence-corrected chi connectivity index (χ3v) is 3.28. The summed E-state index contributed by atoms with van der Waals surface area (Å²) in [6.07, 6.45) is 2.17. The first kappa shape index (κ1) is 15.9. The monoisotopic (exact) mass is 263 g/mol. The molecule has 3 nitrogen and oxygen atoms in total. The molecule has 1 N–H and O–H groups in total. The number of rotatable bonds is 8. The zero-order valence-electron chi connectivity index (χ0n) is 12.2. The zero-order valence-corrected chi connectivity index (χ0v) is 12.2. The maximum Gasteiger partial charge on any atom is 0.176 e. The van der Waals surface area contributed by atoms with Crippen molar-refractivity contribution < 1.29 is 9.90 Å². The van der Waals surface area contributed by atoms with Gasteiger partial charge in [-0.15, -0.1) is 0 Å². The third kappa shape index (κ3) is 5.13. The number of aliphatic hydroxyl groups excluding tert-OH is 1. The van der Waals surface area contributed by atoms with Crippen LogP contribution < -0.4 is 0 Å². The van der Waals surface area contributed by atoms with E-state index in [0.29, 0.717) is 13.1 Å². The number of aryl methyl sites for hydroxylation is 1. The SMILES string of the molecule is CCCc1ccc(C(=O)CN(CCO)C(C)C)cc1. The molecule has 1 rings (SSSR count). The molecular formula is C16H25NO2. The molecule has 0 radical (unpaired) electrons. The van der Waals surface area contributed by atoms with Crippen molar-refractivity contribution in [2.75, 3.05) is 19.7 Å². The minimum Gasteiger partial charge on any atom is -0.395 e. The van der Waals surface area contributed by atoms with E-state index in [0.717, 1.165) is 18.4 Å².